The number of aromatic nitrogens is 2. The van der Waals surface area contributed by atoms with Crippen molar-refractivity contribution in [3.05, 3.63) is 17.3 Å². The molecular formula is C8H9N3OS. The average molecular weight is 195 g/mol. The van der Waals surface area contributed by atoms with Gasteiger partial charge < -0.3 is 10.8 Å². The van der Waals surface area contributed by atoms with Crippen LogP contribution in [0.3, 0.4) is 0 Å². The molecule has 0 aliphatic carbocycles. The number of pyridine rings is 1. The van der Waals surface area contributed by atoms with Gasteiger partial charge in [0.2, 0.25) is 0 Å². The minimum absolute atomic E-state index is 0.0470. The van der Waals surface area contributed by atoms with Gasteiger partial charge in [0.15, 0.2) is 5.13 Å². The van der Waals surface area contributed by atoms with Crippen LogP contribution in [0, 0.1) is 6.92 Å². The molecule has 4 nitrogen and oxygen atoms in total. The van der Waals surface area contributed by atoms with Gasteiger partial charge in [-0.1, -0.05) is 11.3 Å². The Kier molecular flexibility index (Phi) is 1.90. The largest absolute Gasteiger partial charge is 0.390 e. The first-order chi connectivity index (χ1) is 6.20. The van der Waals surface area contributed by atoms with Crippen LogP contribution >= 0.6 is 11.3 Å². The predicted octanol–water partition coefficient (Wildman–Crippen LogP) is 1.07. The Hall–Kier alpha value is -1.20. The lowest BCUT2D eigenvalue weighted by Gasteiger charge is -1.97. The van der Waals surface area contributed by atoms with Crippen molar-refractivity contribution in [3.8, 4) is 0 Å². The van der Waals surface area contributed by atoms with E-state index < -0.39 is 0 Å². The molecule has 0 saturated heterocycles. The van der Waals surface area contributed by atoms with Crippen molar-refractivity contribution in [1.29, 1.82) is 0 Å². The highest BCUT2D eigenvalue weighted by Crippen LogP contribution is 2.24. The van der Waals surface area contributed by atoms with Gasteiger partial charge >= 0.3 is 0 Å². The molecule has 68 valence electrons. The number of hydrogen-bond donors (Lipinski definition) is 2. The number of thiazole rings is 1. The summed E-state index contributed by atoms with van der Waals surface area (Å²) < 4.78 is 0. The summed E-state index contributed by atoms with van der Waals surface area (Å²) in [6.45, 7) is 1.89. The van der Waals surface area contributed by atoms with E-state index in [2.05, 4.69) is 9.97 Å². The average Bonchev–Trinajstić information content (AvgIpc) is 2.46. The van der Waals surface area contributed by atoms with Crippen molar-refractivity contribution in [2.75, 3.05) is 5.73 Å². The Bertz CT molecular complexity index is 452. The Morgan fingerprint density at radius 1 is 1.54 bits per heavy atom. The van der Waals surface area contributed by atoms with Crippen LogP contribution in [0.5, 0.6) is 0 Å². The molecule has 0 saturated carbocycles. The van der Waals surface area contributed by atoms with E-state index in [0.29, 0.717) is 10.8 Å². The zero-order valence-electron chi connectivity index (χ0n) is 7.11. The summed E-state index contributed by atoms with van der Waals surface area (Å²) in [5.41, 5.74) is 8.05. The number of hydrogen-bond acceptors (Lipinski definition) is 5. The van der Waals surface area contributed by atoms with Crippen molar-refractivity contribution in [2.24, 2.45) is 0 Å². The normalized spacial score (nSPS) is 10.9. The summed E-state index contributed by atoms with van der Waals surface area (Å²) in [5.74, 6) is 0. The molecular weight excluding hydrogens is 186 g/mol. The lowest BCUT2D eigenvalue weighted by Crippen LogP contribution is -1.90. The van der Waals surface area contributed by atoms with Crippen LogP contribution in [0.25, 0.3) is 10.3 Å². The fourth-order valence-electron chi connectivity index (χ4n) is 1.22. The zero-order chi connectivity index (χ0) is 9.42. The molecule has 0 aliphatic heterocycles. The Labute approximate surface area is 79.1 Å². The van der Waals surface area contributed by atoms with Gasteiger partial charge in [0.25, 0.3) is 0 Å². The maximum Gasteiger partial charge on any atom is 0.182 e. The molecule has 0 radical (unpaired) electrons. The summed E-state index contributed by atoms with van der Waals surface area (Å²) >= 11 is 1.34. The van der Waals surface area contributed by atoms with Crippen LogP contribution in [0.4, 0.5) is 5.13 Å². The number of aliphatic hydroxyl groups is 1. The van der Waals surface area contributed by atoms with Crippen LogP contribution in [0.1, 0.15) is 11.3 Å². The molecule has 3 N–H and O–H groups in total. The molecule has 0 atom stereocenters. The maximum absolute atomic E-state index is 8.92. The zero-order valence-corrected chi connectivity index (χ0v) is 7.93. The second-order valence-electron chi connectivity index (χ2n) is 2.79. The lowest BCUT2D eigenvalue weighted by atomic mass is 10.2. The first kappa shape index (κ1) is 8.40. The first-order valence-electron chi connectivity index (χ1n) is 3.84. The molecule has 0 fully saturated rings. The van der Waals surface area contributed by atoms with E-state index in [0.717, 1.165) is 15.9 Å². The van der Waals surface area contributed by atoms with Crippen LogP contribution < -0.4 is 5.73 Å². The summed E-state index contributed by atoms with van der Waals surface area (Å²) in [6, 6.07) is 1.82. The Balaban J connectivity index is 2.75. The third kappa shape index (κ3) is 1.36. The Morgan fingerprint density at radius 3 is 3.00 bits per heavy atom. The molecule has 2 rings (SSSR count). The molecule has 0 aliphatic rings. The van der Waals surface area contributed by atoms with Gasteiger partial charge in [-0.3, -0.25) is 0 Å². The summed E-state index contributed by atoms with van der Waals surface area (Å²) in [7, 11) is 0. The molecule has 2 heterocycles. The quantitative estimate of drug-likeness (QED) is 0.714. The minimum Gasteiger partial charge on any atom is -0.390 e. The molecule has 0 aromatic carbocycles. The lowest BCUT2D eigenvalue weighted by molar-refractivity contribution is 0.277. The van der Waals surface area contributed by atoms with E-state index in [-0.39, 0.29) is 6.61 Å². The van der Waals surface area contributed by atoms with E-state index in [9.17, 15) is 0 Å². The molecule has 0 bridgehead atoms. The fourth-order valence-corrected chi connectivity index (χ4v) is 2.02. The monoisotopic (exact) mass is 195 g/mol. The standard InChI is InChI=1S/C8H9N3OS/c1-4-2-5(3-12)10-7-6(4)11-8(9)13-7/h2,12H,3H2,1H3,(H2,9,11). The van der Waals surface area contributed by atoms with Gasteiger partial charge in [-0.2, -0.15) is 0 Å². The molecule has 0 spiro atoms. The number of nitrogens with two attached hydrogens (primary N) is 1. The van der Waals surface area contributed by atoms with Crippen LogP contribution in [-0.2, 0) is 6.61 Å². The van der Waals surface area contributed by atoms with Gasteiger partial charge in [0, 0.05) is 0 Å². The van der Waals surface area contributed by atoms with Crippen molar-refractivity contribution >= 4 is 26.8 Å². The fraction of sp³-hybridized carbons (Fsp3) is 0.250. The SMILES string of the molecule is Cc1cc(CO)nc2sc(N)nc12. The minimum atomic E-state index is -0.0470. The summed E-state index contributed by atoms with van der Waals surface area (Å²) in [5, 5.41) is 9.43. The number of aliphatic hydroxyl groups excluding tert-OH is 1. The van der Waals surface area contributed by atoms with Gasteiger partial charge in [-0.05, 0) is 18.6 Å². The van der Waals surface area contributed by atoms with E-state index in [1.165, 1.54) is 11.3 Å². The highest BCUT2D eigenvalue weighted by Gasteiger charge is 2.06. The first-order valence-corrected chi connectivity index (χ1v) is 4.65. The van der Waals surface area contributed by atoms with Crippen molar-refractivity contribution < 1.29 is 5.11 Å². The maximum atomic E-state index is 8.92. The molecule has 13 heavy (non-hydrogen) atoms. The van der Waals surface area contributed by atoms with E-state index in [1.54, 1.807) is 0 Å². The second-order valence-corrected chi connectivity index (χ2v) is 3.80. The number of nitrogens with zero attached hydrogens (tertiary/aromatic N) is 2. The highest BCUT2D eigenvalue weighted by molar-refractivity contribution is 7.21. The van der Waals surface area contributed by atoms with E-state index in [4.69, 9.17) is 10.8 Å². The topological polar surface area (TPSA) is 72.0 Å². The number of nitrogen functional groups attached to an aromatic ring is 1. The number of aryl methyl sites for hydroxylation is 1. The van der Waals surface area contributed by atoms with Crippen molar-refractivity contribution in [3.63, 3.8) is 0 Å². The third-order valence-corrected chi connectivity index (χ3v) is 2.57. The molecule has 2 aromatic heterocycles. The molecule has 0 amide bonds. The number of anilines is 1. The van der Waals surface area contributed by atoms with E-state index >= 15 is 0 Å². The summed E-state index contributed by atoms with van der Waals surface area (Å²) in [4.78, 5) is 9.13. The molecule has 2 aromatic rings. The van der Waals surface area contributed by atoms with Gasteiger partial charge in [0.05, 0.1) is 12.3 Å². The number of rotatable bonds is 1. The van der Waals surface area contributed by atoms with E-state index in [1.807, 2.05) is 13.0 Å². The predicted molar refractivity (Wildman–Crippen MR) is 52.5 cm³/mol. The number of fused-ring (bicyclic) bond motifs is 1. The third-order valence-electron chi connectivity index (χ3n) is 1.79. The molecule has 5 heteroatoms. The van der Waals surface area contributed by atoms with Gasteiger partial charge in [0.1, 0.15) is 10.3 Å². The van der Waals surface area contributed by atoms with Crippen LogP contribution in [0.15, 0.2) is 6.07 Å². The smallest absolute Gasteiger partial charge is 0.182 e. The molecule has 0 unspecified atom stereocenters. The second kappa shape index (κ2) is 2.93. The van der Waals surface area contributed by atoms with Crippen molar-refractivity contribution in [2.45, 2.75) is 13.5 Å². The van der Waals surface area contributed by atoms with Gasteiger partial charge in [-0.25, -0.2) is 9.97 Å². The van der Waals surface area contributed by atoms with Crippen LogP contribution in [-0.4, -0.2) is 15.1 Å². The summed E-state index contributed by atoms with van der Waals surface area (Å²) in [6.07, 6.45) is 0. The highest BCUT2D eigenvalue weighted by atomic mass is 32.1. The Morgan fingerprint density at radius 2 is 2.31 bits per heavy atom. The van der Waals surface area contributed by atoms with Crippen LogP contribution in [0.2, 0.25) is 0 Å². The van der Waals surface area contributed by atoms with Crippen molar-refractivity contribution in [1.82, 2.24) is 9.97 Å². The van der Waals surface area contributed by atoms with Gasteiger partial charge in [-0.15, -0.1) is 0 Å².